The van der Waals surface area contributed by atoms with E-state index in [0.29, 0.717) is 19.1 Å². The molecule has 7 heteroatoms. The number of aryl methyl sites for hydroxylation is 2. The maximum atomic E-state index is 12.1. The Morgan fingerprint density at radius 1 is 1.19 bits per heavy atom. The van der Waals surface area contributed by atoms with Crippen LogP contribution in [0.1, 0.15) is 63.0 Å². The summed E-state index contributed by atoms with van der Waals surface area (Å²) in [6, 6.07) is 8.03. The van der Waals surface area contributed by atoms with Crippen LogP contribution in [-0.2, 0) is 20.9 Å². The summed E-state index contributed by atoms with van der Waals surface area (Å²) in [7, 11) is 0. The highest BCUT2D eigenvalue weighted by atomic mass is 16.5. The Hall–Kier alpha value is -2.67. The number of oxazole rings is 1. The second-order valence-electron chi connectivity index (χ2n) is 8.45. The Labute approximate surface area is 190 Å². The van der Waals surface area contributed by atoms with Crippen molar-refractivity contribution in [3.05, 3.63) is 41.3 Å². The van der Waals surface area contributed by atoms with E-state index in [9.17, 15) is 9.59 Å². The SMILES string of the molecule is CCC.Cc1ccc(-c2nc(COCC3CCCC(C(=O)NCC(=O)O)C3)c(C)o2)cc1. The van der Waals surface area contributed by atoms with Gasteiger partial charge in [0.15, 0.2) is 0 Å². The van der Waals surface area contributed by atoms with Crippen molar-refractivity contribution in [3.8, 4) is 11.5 Å². The monoisotopic (exact) mass is 444 g/mol. The van der Waals surface area contributed by atoms with Gasteiger partial charge in [0.05, 0.1) is 6.61 Å². The van der Waals surface area contributed by atoms with Gasteiger partial charge >= 0.3 is 5.97 Å². The lowest BCUT2D eigenvalue weighted by molar-refractivity contribution is -0.138. The van der Waals surface area contributed by atoms with Gasteiger partial charge in [0, 0.05) is 18.1 Å². The van der Waals surface area contributed by atoms with Gasteiger partial charge in [-0.15, -0.1) is 0 Å². The number of hydrogen-bond acceptors (Lipinski definition) is 5. The standard InChI is InChI=1S/C22H28N2O5.C3H8/c1-14-6-8-17(9-7-14)22-24-19(15(2)29-22)13-28-12-16-4-3-5-18(10-16)21(27)23-11-20(25)26;1-3-2/h6-9,16,18H,3-5,10-13H2,1-2H3,(H,23,27)(H,25,26);3H2,1-2H3. The average molecular weight is 445 g/mol. The minimum atomic E-state index is -1.03. The summed E-state index contributed by atoms with van der Waals surface area (Å²) in [5.41, 5.74) is 2.91. The summed E-state index contributed by atoms with van der Waals surface area (Å²) in [6.07, 6.45) is 4.72. The van der Waals surface area contributed by atoms with Crippen LogP contribution in [0.5, 0.6) is 0 Å². The van der Waals surface area contributed by atoms with Gasteiger partial charge in [0.25, 0.3) is 0 Å². The van der Waals surface area contributed by atoms with Crippen molar-refractivity contribution >= 4 is 11.9 Å². The molecule has 2 N–H and O–H groups in total. The summed E-state index contributed by atoms with van der Waals surface area (Å²) >= 11 is 0. The van der Waals surface area contributed by atoms with Crippen LogP contribution in [0.3, 0.4) is 0 Å². The molecule has 1 amide bonds. The molecule has 2 aromatic rings. The van der Waals surface area contributed by atoms with E-state index in [0.717, 1.165) is 42.7 Å². The lowest BCUT2D eigenvalue weighted by Gasteiger charge is -2.28. The second kappa shape index (κ2) is 13.0. The minimum absolute atomic E-state index is 0.140. The van der Waals surface area contributed by atoms with Crippen molar-refractivity contribution in [1.29, 1.82) is 0 Å². The number of aliphatic carboxylic acids is 1. The quantitative estimate of drug-likeness (QED) is 0.600. The van der Waals surface area contributed by atoms with E-state index in [1.165, 1.54) is 12.0 Å². The van der Waals surface area contributed by atoms with E-state index in [-0.39, 0.29) is 24.3 Å². The van der Waals surface area contributed by atoms with Crippen LogP contribution in [0.2, 0.25) is 0 Å². The first-order valence-corrected chi connectivity index (χ1v) is 11.4. The van der Waals surface area contributed by atoms with Gasteiger partial charge in [-0.05, 0) is 51.2 Å². The maximum absolute atomic E-state index is 12.1. The van der Waals surface area contributed by atoms with Crippen LogP contribution in [0.15, 0.2) is 28.7 Å². The molecule has 0 radical (unpaired) electrons. The zero-order valence-corrected chi connectivity index (χ0v) is 19.6. The van der Waals surface area contributed by atoms with Gasteiger partial charge in [0.2, 0.25) is 11.8 Å². The van der Waals surface area contributed by atoms with Crippen LogP contribution in [-0.4, -0.2) is 35.1 Å². The number of nitrogens with one attached hydrogen (secondary N) is 1. The normalized spacial score (nSPS) is 17.9. The van der Waals surface area contributed by atoms with E-state index < -0.39 is 5.97 Å². The second-order valence-corrected chi connectivity index (χ2v) is 8.45. The highest BCUT2D eigenvalue weighted by Gasteiger charge is 2.27. The fourth-order valence-electron chi connectivity index (χ4n) is 3.69. The number of rotatable bonds is 8. The molecule has 2 atom stereocenters. The summed E-state index contributed by atoms with van der Waals surface area (Å²) < 4.78 is 11.7. The van der Waals surface area contributed by atoms with Gasteiger partial charge in [-0.2, -0.15) is 0 Å². The number of aromatic nitrogens is 1. The van der Waals surface area contributed by atoms with E-state index in [4.69, 9.17) is 14.3 Å². The van der Waals surface area contributed by atoms with Gasteiger partial charge in [-0.3, -0.25) is 9.59 Å². The summed E-state index contributed by atoms with van der Waals surface area (Å²) in [4.78, 5) is 27.3. The molecule has 176 valence electrons. The number of carboxylic acids is 1. The van der Waals surface area contributed by atoms with Crippen molar-refractivity contribution in [3.63, 3.8) is 0 Å². The third-order valence-electron chi connectivity index (χ3n) is 5.35. The van der Waals surface area contributed by atoms with E-state index >= 15 is 0 Å². The molecule has 1 aromatic heterocycles. The third-order valence-corrected chi connectivity index (χ3v) is 5.35. The zero-order chi connectivity index (χ0) is 23.5. The molecule has 1 aliphatic carbocycles. The zero-order valence-electron chi connectivity index (χ0n) is 19.6. The first-order chi connectivity index (χ1) is 15.3. The molecule has 0 aliphatic heterocycles. The van der Waals surface area contributed by atoms with Gasteiger partial charge < -0.3 is 19.6 Å². The molecule has 1 aromatic carbocycles. The summed E-state index contributed by atoms with van der Waals surface area (Å²) in [6.45, 7) is 8.76. The van der Waals surface area contributed by atoms with Crippen molar-refractivity contribution in [2.45, 2.75) is 66.4 Å². The van der Waals surface area contributed by atoms with Crippen LogP contribution in [0.4, 0.5) is 0 Å². The van der Waals surface area contributed by atoms with E-state index in [1.54, 1.807) is 0 Å². The lowest BCUT2D eigenvalue weighted by Crippen LogP contribution is -2.37. The van der Waals surface area contributed by atoms with E-state index in [2.05, 4.69) is 24.1 Å². The Morgan fingerprint density at radius 3 is 2.53 bits per heavy atom. The molecule has 1 heterocycles. The first kappa shape index (κ1) is 25.6. The smallest absolute Gasteiger partial charge is 0.322 e. The first-order valence-electron chi connectivity index (χ1n) is 11.4. The van der Waals surface area contributed by atoms with E-state index in [1.807, 2.05) is 38.1 Å². The molecule has 0 spiro atoms. The molecule has 32 heavy (non-hydrogen) atoms. The topological polar surface area (TPSA) is 102 Å². The number of nitrogens with zero attached hydrogens (tertiary/aromatic N) is 1. The number of amides is 1. The highest BCUT2D eigenvalue weighted by Crippen LogP contribution is 2.30. The Kier molecular flexibility index (Phi) is 10.4. The fourth-order valence-corrected chi connectivity index (χ4v) is 3.69. The Morgan fingerprint density at radius 2 is 1.88 bits per heavy atom. The molecule has 3 rings (SSSR count). The summed E-state index contributed by atoms with van der Waals surface area (Å²) in [5.74, 6) is 0.282. The molecule has 1 saturated carbocycles. The van der Waals surface area contributed by atoms with Crippen LogP contribution in [0, 0.1) is 25.7 Å². The number of carboxylic acid groups (broad SMARTS) is 1. The number of ether oxygens (including phenoxy) is 1. The maximum Gasteiger partial charge on any atom is 0.322 e. The third kappa shape index (κ3) is 8.11. The van der Waals surface area contributed by atoms with Crippen molar-refractivity contribution in [2.24, 2.45) is 11.8 Å². The van der Waals surface area contributed by atoms with Gasteiger partial charge in [-0.25, -0.2) is 4.98 Å². The molecule has 0 saturated heterocycles. The van der Waals surface area contributed by atoms with Gasteiger partial charge in [0.1, 0.15) is 18.0 Å². The summed E-state index contributed by atoms with van der Waals surface area (Å²) in [5, 5.41) is 11.2. The predicted molar refractivity (Wildman–Crippen MR) is 123 cm³/mol. The van der Waals surface area contributed by atoms with Crippen molar-refractivity contribution in [1.82, 2.24) is 10.3 Å². The molecular weight excluding hydrogens is 408 g/mol. The average Bonchev–Trinajstić information content (AvgIpc) is 3.14. The molecule has 2 unspecified atom stereocenters. The lowest BCUT2D eigenvalue weighted by atomic mass is 9.81. The number of benzene rings is 1. The van der Waals surface area contributed by atoms with Crippen molar-refractivity contribution in [2.75, 3.05) is 13.2 Å². The van der Waals surface area contributed by atoms with Crippen molar-refractivity contribution < 1.29 is 23.8 Å². The number of carbonyl (C=O) groups is 2. The fraction of sp³-hybridized carbons (Fsp3) is 0.560. The molecule has 7 nitrogen and oxygen atoms in total. The molecule has 0 bridgehead atoms. The minimum Gasteiger partial charge on any atom is -0.480 e. The largest absolute Gasteiger partial charge is 0.480 e. The van der Waals surface area contributed by atoms with Gasteiger partial charge in [-0.1, -0.05) is 44.4 Å². The molecule has 1 aliphatic rings. The van der Waals surface area contributed by atoms with Crippen LogP contribution >= 0.6 is 0 Å². The predicted octanol–water partition coefficient (Wildman–Crippen LogP) is 4.90. The molecular formula is C25H36N2O5. The number of hydrogen-bond donors (Lipinski definition) is 2. The Bertz CT molecular complexity index is 860. The van der Waals surface area contributed by atoms with Crippen LogP contribution in [0.25, 0.3) is 11.5 Å². The number of carbonyl (C=O) groups excluding carboxylic acids is 1. The van der Waals surface area contributed by atoms with Crippen LogP contribution < -0.4 is 5.32 Å². The molecule has 1 fully saturated rings. The Balaban J connectivity index is 0.00000114. The highest BCUT2D eigenvalue weighted by molar-refractivity contribution is 5.82.